The van der Waals surface area contributed by atoms with Gasteiger partial charge < -0.3 is 15.9 Å². The Morgan fingerprint density at radius 1 is 1.64 bits per heavy atom. The highest BCUT2D eigenvalue weighted by atomic mass is 32.1. The summed E-state index contributed by atoms with van der Waals surface area (Å²) >= 11 is 1.14. The zero-order valence-corrected chi connectivity index (χ0v) is 15.1. The van der Waals surface area contributed by atoms with Gasteiger partial charge in [-0.05, 0) is 11.5 Å². The maximum atomic E-state index is 12.4. The van der Waals surface area contributed by atoms with Crippen LogP contribution in [0.4, 0.5) is 5.13 Å². The minimum Gasteiger partial charge on any atom is -0.398 e. The van der Waals surface area contributed by atoms with Gasteiger partial charge in [0.15, 0.2) is 10.8 Å². The number of anilines is 1. The fourth-order valence-corrected chi connectivity index (χ4v) is 2.87. The normalized spacial score (nSPS) is 20.9. The number of amides is 2. The van der Waals surface area contributed by atoms with Gasteiger partial charge >= 0.3 is 8.03 Å². The highest BCUT2D eigenvalue weighted by molar-refractivity contribution is 7.38. The fraction of sp³-hybridized carbons (Fsp3) is 0.500. The minimum absolute atomic E-state index is 0.0725. The van der Waals surface area contributed by atoms with Crippen LogP contribution < -0.4 is 11.1 Å². The Hall–Kier alpha value is -2.14. The second kappa shape index (κ2) is 8.30. The number of aromatic nitrogens is 1. The largest absolute Gasteiger partial charge is 0.508 e. The van der Waals surface area contributed by atoms with Crippen molar-refractivity contribution in [2.75, 3.05) is 25.6 Å². The number of β-lactam (4-membered cyclic amide) rings is 1. The number of nitrogens with zero attached hydrogens (tertiary/aromatic N) is 3. The first-order chi connectivity index (χ1) is 11.8. The van der Waals surface area contributed by atoms with E-state index >= 15 is 0 Å². The lowest BCUT2D eigenvalue weighted by Gasteiger charge is -2.43. The number of rotatable bonds is 8. The number of nitrogen functional groups attached to an aromatic ring is 1. The Labute approximate surface area is 147 Å². The molecule has 1 aromatic heterocycles. The lowest BCUT2D eigenvalue weighted by Crippen LogP contribution is -2.69. The Bertz CT molecular complexity index is 710. The number of hydrogen-bond acceptors (Lipinski definition) is 9. The smallest absolute Gasteiger partial charge is 0.398 e. The van der Waals surface area contributed by atoms with Crippen molar-refractivity contribution in [3.8, 4) is 0 Å². The maximum Gasteiger partial charge on any atom is 0.508 e. The molecule has 1 unspecified atom stereocenters. The van der Waals surface area contributed by atoms with E-state index in [1.165, 1.54) is 7.11 Å². The standard InChI is InChI=1S/C12H16N5O6PS/c1-6-8(11(19)17(6)23-3-4-24(20)21)15-10(18)9(16-22-2)7-5-25-12(13)14-7/h5-6,8H,3-4H2,1-2H3,(H3-,13,14,15,18,20,21)/p+1/b16-9-/t6-,8-/m0/s1. The van der Waals surface area contributed by atoms with Gasteiger partial charge in [0.2, 0.25) is 6.16 Å². The van der Waals surface area contributed by atoms with Crippen LogP contribution in [-0.2, 0) is 23.8 Å². The van der Waals surface area contributed by atoms with Crippen molar-refractivity contribution in [1.29, 1.82) is 0 Å². The lowest BCUT2D eigenvalue weighted by molar-refractivity contribution is -0.230. The van der Waals surface area contributed by atoms with E-state index in [0.717, 1.165) is 16.4 Å². The average Bonchev–Trinajstić information content (AvgIpc) is 2.99. The highest BCUT2D eigenvalue weighted by Crippen LogP contribution is 2.22. The molecule has 4 N–H and O–H groups in total. The third-order valence-electron chi connectivity index (χ3n) is 3.30. The van der Waals surface area contributed by atoms with Crippen LogP contribution in [0.1, 0.15) is 12.6 Å². The molecule has 0 saturated carbocycles. The molecule has 0 spiro atoms. The molecule has 13 heteroatoms. The molecule has 3 atom stereocenters. The molecule has 11 nitrogen and oxygen atoms in total. The SMILES string of the molecule is CO/N=C(\C(=O)N[C@@H]1C(=O)N(OCC[P+](=O)O)[C@H]1C)c1csc(N)n1. The molecule has 2 heterocycles. The maximum absolute atomic E-state index is 12.4. The van der Waals surface area contributed by atoms with E-state index in [9.17, 15) is 14.2 Å². The first-order valence-corrected chi connectivity index (χ1v) is 9.35. The van der Waals surface area contributed by atoms with Crippen molar-refractivity contribution in [2.45, 2.75) is 19.0 Å². The number of carbonyl (C=O) groups excluding carboxylic acids is 2. The molecule has 0 bridgehead atoms. The van der Waals surface area contributed by atoms with Gasteiger partial charge in [0.1, 0.15) is 25.5 Å². The second-order valence-electron chi connectivity index (χ2n) is 4.96. The third kappa shape index (κ3) is 4.48. The Morgan fingerprint density at radius 3 is 2.88 bits per heavy atom. The molecule has 1 aliphatic rings. The summed E-state index contributed by atoms with van der Waals surface area (Å²) in [6.45, 7) is 1.59. The van der Waals surface area contributed by atoms with Crippen LogP contribution >= 0.6 is 19.4 Å². The molecule has 0 aromatic carbocycles. The number of nitrogens with two attached hydrogens (primary N) is 1. The fourth-order valence-electron chi connectivity index (χ4n) is 2.08. The van der Waals surface area contributed by atoms with E-state index < -0.39 is 31.9 Å². The molecule has 1 aliphatic heterocycles. The number of hydroxylamine groups is 2. The summed E-state index contributed by atoms with van der Waals surface area (Å²) in [6.07, 6.45) is -0.0846. The van der Waals surface area contributed by atoms with Crippen molar-refractivity contribution < 1.29 is 28.7 Å². The number of carbonyl (C=O) groups is 2. The van der Waals surface area contributed by atoms with Crippen molar-refractivity contribution in [3.63, 3.8) is 0 Å². The summed E-state index contributed by atoms with van der Waals surface area (Å²) in [5, 5.41) is 9.03. The van der Waals surface area contributed by atoms with Crippen molar-refractivity contribution in [3.05, 3.63) is 11.1 Å². The minimum atomic E-state index is -2.33. The Morgan fingerprint density at radius 2 is 2.36 bits per heavy atom. The lowest BCUT2D eigenvalue weighted by atomic mass is 10.00. The number of nitrogens with one attached hydrogen (secondary N) is 1. The summed E-state index contributed by atoms with van der Waals surface area (Å²) in [7, 11) is -1.05. The first-order valence-electron chi connectivity index (χ1n) is 7.08. The Kier molecular flexibility index (Phi) is 6.37. The van der Waals surface area contributed by atoms with Gasteiger partial charge in [-0.1, -0.05) is 5.16 Å². The summed E-state index contributed by atoms with van der Waals surface area (Å²) < 4.78 is 10.6. The number of oxime groups is 1. The van der Waals surface area contributed by atoms with Crippen LogP contribution in [0.25, 0.3) is 0 Å². The van der Waals surface area contributed by atoms with E-state index in [2.05, 4.69) is 20.3 Å². The zero-order chi connectivity index (χ0) is 18.6. The quantitative estimate of drug-likeness (QED) is 0.231. The molecule has 136 valence electrons. The van der Waals surface area contributed by atoms with E-state index in [1.807, 2.05) is 0 Å². The summed E-state index contributed by atoms with van der Waals surface area (Å²) in [4.78, 5) is 46.9. The molecule has 2 rings (SSSR count). The molecule has 0 aliphatic carbocycles. The van der Waals surface area contributed by atoms with Crippen LogP contribution in [0, 0.1) is 0 Å². The average molecular weight is 390 g/mol. The van der Waals surface area contributed by atoms with E-state index in [0.29, 0.717) is 0 Å². The zero-order valence-electron chi connectivity index (χ0n) is 13.4. The summed E-state index contributed by atoms with van der Waals surface area (Å²) in [5.41, 5.74) is 5.68. The molecule has 1 saturated heterocycles. The molecule has 1 fully saturated rings. The van der Waals surface area contributed by atoms with Gasteiger partial charge in [0, 0.05) is 5.38 Å². The van der Waals surface area contributed by atoms with Gasteiger partial charge in [-0.3, -0.25) is 14.4 Å². The molecule has 2 amide bonds. The van der Waals surface area contributed by atoms with Gasteiger partial charge in [0.25, 0.3) is 11.8 Å². The van der Waals surface area contributed by atoms with Crippen LogP contribution in [-0.4, -0.2) is 64.4 Å². The molecular weight excluding hydrogens is 373 g/mol. The van der Waals surface area contributed by atoms with Crippen LogP contribution in [0.3, 0.4) is 0 Å². The van der Waals surface area contributed by atoms with Crippen molar-refractivity contribution in [2.24, 2.45) is 5.16 Å². The monoisotopic (exact) mass is 390 g/mol. The molecular formula is C12H17N5O6PS+. The van der Waals surface area contributed by atoms with Crippen LogP contribution in [0.2, 0.25) is 0 Å². The van der Waals surface area contributed by atoms with Gasteiger partial charge in [-0.15, -0.1) is 11.3 Å². The van der Waals surface area contributed by atoms with Crippen molar-refractivity contribution >= 4 is 42.0 Å². The van der Waals surface area contributed by atoms with E-state index in [1.54, 1.807) is 12.3 Å². The predicted octanol–water partition coefficient (Wildman–Crippen LogP) is -0.542. The van der Waals surface area contributed by atoms with Crippen LogP contribution in [0.5, 0.6) is 0 Å². The third-order valence-corrected chi connectivity index (χ3v) is 4.54. The van der Waals surface area contributed by atoms with E-state index in [-0.39, 0.29) is 29.3 Å². The topological polar surface area (TPSA) is 156 Å². The van der Waals surface area contributed by atoms with Crippen LogP contribution in [0.15, 0.2) is 10.5 Å². The summed E-state index contributed by atoms with van der Waals surface area (Å²) in [5.74, 6) is -1.11. The number of thiazole rings is 1. The van der Waals surface area contributed by atoms with Gasteiger partial charge in [-0.2, -0.15) is 4.89 Å². The first kappa shape index (κ1) is 19.2. The van der Waals surface area contributed by atoms with Gasteiger partial charge in [-0.25, -0.2) is 10.0 Å². The highest BCUT2D eigenvalue weighted by Gasteiger charge is 2.47. The van der Waals surface area contributed by atoms with Crippen molar-refractivity contribution in [1.82, 2.24) is 15.4 Å². The Balaban J connectivity index is 1.97. The summed E-state index contributed by atoms with van der Waals surface area (Å²) in [6, 6.07) is -1.26. The predicted molar refractivity (Wildman–Crippen MR) is 89.0 cm³/mol. The molecule has 1 aromatic rings. The van der Waals surface area contributed by atoms with E-state index in [4.69, 9.17) is 15.5 Å². The number of hydrogen-bond donors (Lipinski definition) is 3. The second-order valence-corrected chi connectivity index (χ2v) is 7.00. The molecule has 25 heavy (non-hydrogen) atoms. The van der Waals surface area contributed by atoms with Gasteiger partial charge in [0.05, 0.1) is 6.04 Å². The molecule has 0 radical (unpaired) electrons.